The molecule has 0 spiro atoms. The number of amides is 2. The Bertz CT molecular complexity index is 364. The van der Waals surface area contributed by atoms with E-state index < -0.39 is 0 Å². The van der Waals surface area contributed by atoms with Gasteiger partial charge in [0.05, 0.1) is 0 Å². The Kier molecular flexibility index (Phi) is 26.3. The molecule has 0 saturated heterocycles. The number of carbonyl (C=O) groups excluding carboxylic acids is 2. The first kappa shape index (κ1) is 35.3. The zero-order chi connectivity index (χ0) is 22.9. The number of nitrogens with two attached hydrogens (primary N) is 2. The third kappa shape index (κ3) is 23.0. The summed E-state index contributed by atoms with van der Waals surface area (Å²) in [6, 6.07) is 0. The zero-order valence-electron chi connectivity index (χ0n) is 20.5. The van der Waals surface area contributed by atoms with Crippen LogP contribution in [0.3, 0.4) is 0 Å². The third-order valence-electron chi connectivity index (χ3n) is 5.13. The summed E-state index contributed by atoms with van der Waals surface area (Å²) < 4.78 is 0. The molecular formula is C24H55N3O2. The minimum atomic E-state index is -0.179. The lowest BCUT2D eigenvalue weighted by molar-refractivity contribution is -0.121. The topological polar surface area (TPSA) is 98.2 Å². The maximum atomic E-state index is 11.1. The molecule has 0 aliphatic carbocycles. The monoisotopic (exact) mass is 417 g/mol. The van der Waals surface area contributed by atoms with Gasteiger partial charge in [0.25, 0.3) is 0 Å². The molecule has 2 amide bonds. The minimum absolute atomic E-state index is 0. The van der Waals surface area contributed by atoms with E-state index in [1.807, 2.05) is 6.92 Å². The highest BCUT2D eigenvalue weighted by molar-refractivity contribution is 5.75. The summed E-state index contributed by atoms with van der Waals surface area (Å²) in [5, 5.41) is 2.66. The molecule has 178 valence electrons. The van der Waals surface area contributed by atoms with Gasteiger partial charge in [-0.3, -0.25) is 9.59 Å². The van der Waals surface area contributed by atoms with Crippen molar-refractivity contribution < 1.29 is 9.59 Å². The molecule has 0 aliphatic rings. The van der Waals surface area contributed by atoms with E-state index in [4.69, 9.17) is 11.5 Å². The average molecular weight is 418 g/mol. The third-order valence-corrected chi connectivity index (χ3v) is 5.13. The molecule has 0 aromatic rings. The van der Waals surface area contributed by atoms with Crippen LogP contribution in [0.25, 0.3) is 0 Å². The van der Waals surface area contributed by atoms with E-state index >= 15 is 0 Å². The van der Waals surface area contributed by atoms with Gasteiger partial charge in [-0.15, -0.1) is 0 Å². The van der Waals surface area contributed by atoms with E-state index in [2.05, 4.69) is 60.7 Å². The Morgan fingerprint density at radius 3 is 1.24 bits per heavy atom. The number of hydrogen-bond donors (Lipinski definition) is 3. The van der Waals surface area contributed by atoms with Gasteiger partial charge in [0.1, 0.15) is 0 Å². The van der Waals surface area contributed by atoms with Crippen molar-refractivity contribution in [1.29, 1.82) is 0 Å². The van der Waals surface area contributed by atoms with Crippen molar-refractivity contribution in [1.82, 2.24) is 5.32 Å². The summed E-state index contributed by atoms with van der Waals surface area (Å²) in [5.74, 6) is 3.89. The highest BCUT2D eigenvalue weighted by Crippen LogP contribution is 2.25. The predicted molar refractivity (Wildman–Crippen MR) is 130 cm³/mol. The molecule has 0 bridgehead atoms. The molecule has 0 atom stereocenters. The van der Waals surface area contributed by atoms with E-state index in [-0.39, 0.29) is 19.2 Å². The maximum Gasteiger partial charge on any atom is 0.219 e. The van der Waals surface area contributed by atoms with Crippen molar-refractivity contribution in [3.63, 3.8) is 0 Å². The van der Waals surface area contributed by atoms with Crippen LogP contribution in [0.5, 0.6) is 0 Å². The van der Waals surface area contributed by atoms with Crippen LogP contribution in [0, 0.1) is 35.5 Å². The first-order valence-electron chi connectivity index (χ1n) is 11.0. The van der Waals surface area contributed by atoms with E-state index in [1.54, 1.807) is 7.05 Å². The van der Waals surface area contributed by atoms with Crippen LogP contribution in [-0.2, 0) is 9.59 Å². The van der Waals surface area contributed by atoms with E-state index in [9.17, 15) is 9.59 Å². The molecule has 5 N–H and O–H groups in total. The maximum absolute atomic E-state index is 11.1. The van der Waals surface area contributed by atoms with Crippen molar-refractivity contribution in [2.24, 2.45) is 47.0 Å². The van der Waals surface area contributed by atoms with Gasteiger partial charge in [0.15, 0.2) is 0 Å². The van der Waals surface area contributed by atoms with Crippen LogP contribution in [-0.4, -0.2) is 25.4 Å². The molecule has 5 heteroatoms. The lowest BCUT2D eigenvalue weighted by Gasteiger charge is -2.24. The number of hydrogen-bond acceptors (Lipinski definition) is 3. The molecule has 0 heterocycles. The van der Waals surface area contributed by atoms with Crippen molar-refractivity contribution in [3.05, 3.63) is 0 Å². The van der Waals surface area contributed by atoms with Gasteiger partial charge in [-0.25, -0.2) is 0 Å². The quantitative estimate of drug-likeness (QED) is 0.454. The normalized spacial score (nSPS) is 10.5. The Balaban J connectivity index is -0.000000184. The molecule has 0 saturated carbocycles. The van der Waals surface area contributed by atoms with Gasteiger partial charge in [-0.2, -0.15) is 0 Å². The second-order valence-electron chi connectivity index (χ2n) is 8.93. The molecule has 29 heavy (non-hydrogen) atoms. The molecule has 5 nitrogen and oxygen atoms in total. The molecule has 0 aliphatic heterocycles. The van der Waals surface area contributed by atoms with Crippen LogP contribution in [0.2, 0.25) is 0 Å². The number of carbonyl (C=O) groups is 2. The Morgan fingerprint density at radius 1 is 0.759 bits per heavy atom. The van der Waals surface area contributed by atoms with Crippen LogP contribution in [0.15, 0.2) is 0 Å². The number of rotatable bonds is 10. The molecular weight excluding hydrogens is 362 g/mol. The average Bonchev–Trinajstić information content (AvgIpc) is 2.54. The SMILES string of the molecule is C.CC(C)C(CCC(N)=O)C(C)C.CCN.CNC(=O)CCC(C(C)C)C(C)C. The Labute approximate surface area is 183 Å². The summed E-state index contributed by atoms with van der Waals surface area (Å²) in [7, 11) is 1.70. The zero-order valence-corrected chi connectivity index (χ0v) is 20.5. The molecule has 0 aromatic carbocycles. The fourth-order valence-corrected chi connectivity index (χ4v) is 3.60. The summed E-state index contributed by atoms with van der Waals surface area (Å²) in [6.45, 7) is 20.4. The van der Waals surface area contributed by atoms with Gasteiger partial charge in [0.2, 0.25) is 11.8 Å². The fraction of sp³-hybridized carbons (Fsp3) is 0.917. The van der Waals surface area contributed by atoms with E-state index in [0.29, 0.717) is 48.3 Å². The summed E-state index contributed by atoms with van der Waals surface area (Å²) in [5.41, 5.74) is 9.95. The summed E-state index contributed by atoms with van der Waals surface area (Å²) in [4.78, 5) is 21.6. The first-order valence-corrected chi connectivity index (χ1v) is 11.0. The van der Waals surface area contributed by atoms with Crippen LogP contribution in [0.1, 0.15) is 95.4 Å². The lowest BCUT2D eigenvalue weighted by Crippen LogP contribution is -2.22. The lowest BCUT2D eigenvalue weighted by atomic mass is 9.82. The van der Waals surface area contributed by atoms with Gasteiger partial charge < -0.3 is 16.8 Å². The second-order valence-corrected chi connectivity index (χ2v) is 8.93. The highest BCUT2D eigenvalue weighted by Gasteiger charge is 2.18. The number of primary amides is 1. The molecule has 0 fully saturated rings. The Morgan fingerprint density at radius 2 is 1.03 bits per heavy atom. The van der Waals surface area contributed by atoms with Crippen LogP contribution < -0.4 is 16.8 Å². The minimum Gasteiger partial charge on any atom is -0.370 e. The van der Waals surface area contributed by atoms with Crippen molar-refractivity contribution >= 4 is 11.8 Å². The van der Waals surface area contributed by atoms with Gasteiger partial charge >= 0.3 is 0 Å². The first-order chi connectivity index (χ1) is 12.8. The van der Waals surface area contributed by atoms with Gasteiger partial charge in [0, 0.05) is 19.9 Å². The standard InChI is InChI=1S/C11H23NO.C10H21NO.C2H7N.CH4/c1-8(2)10(9(3)4)6-7-11(13)12-5;1-7(2)9(8(3)4)5-6-10(11)12;1-2-3;/h8-10H,6-7H2,1-5H3,(H,12,13);7-9H,5-6H2,1-4H3,(H2,11,12);2-3H2,1H3;1H4. The number of nitrogens with one attached hydrogen (secondary N) is 1. The van der Waals surface area contributed by atoms with Crippen LogP contribution >= 0.6 is 0 Å². The Hall–Kier alpha value is -1.10. The van der Waals surface area contributed by atoms with Crippen molar-refractivity contribution in [3.8, 4) is 0 Å². The van der Waals surface area contributed by atoms with Gasteiger partial charge in [-0.05, 0) is 54.9 Å². The summed E-state index contributed by atoms with van der Waals surface area (Å²) in [6.07, 6.45) is 3.14. The van der Waals surface area contributed by atoms with Crippen LogP contribution in [0.4, 0.5) is 0 Å². The second kappa shape index (κ2) is 21.6. The highest BCUT2D eigenvalue weighted by atomic mass is 16.1. The smallest absolute Gasteiger partial charge is 0.219 e. The molecule has 0 aromatic heterocycles. The molecule has 0 unspecified atom stereocenters. The summed E-state index contributed by atoms with van der Waals surface area (Å²) >= 11 is 0. The van der Waals surface area contributed by atoms with E-state index in [0.717, 1.165) is 19.4 Å². The predicted octanol–water partition coefficient (Wildman–Crippen LogP) is 5.22. The van der Waals surface area contributed by atoms with E-state index in [1.165, 1.54) is 0 Å². The molecule has 0 rings (SSSR count). The van der Waals surface area contributed by atoms with Crippen molar-refractivity contribution in [2.75, 3.05) is 13.6 Å². The fourth-order valence-electron chi connectivity index (χ4n) is 3.60. The molecule has 0 radical (unpaired) electrons. The van der Waals surface area contributed by atoms with Gasteiger partial charge in [-0.1, -0.05) is 69.7 Å². The van der Waals surface area contributed by atoms with Crippen molar-refractivity contribution in [2.45, 2.75) is 95.4 Å². The largest absolute Gasteiger partial charge is 0.370 e.